The maximum atomic E-state index is 13.8. The smallest absolute Gasteiger partial charge is 0.410 e. The summed E-state index contributed by atoms with van der Waals surface area (Å²) in [5.41, 5.74) is 3.51. The van der Waals surface area contributed by atoms with Gasteiger partial charge in [0.1, 0.15) is 11.4 Å². The van der Waals surface area contributed by atoms with Crippen molar-refractivity contribution in [3.63, 3.8) is 0 Å². The zero-order valence-corrected chi connectivity index (χ0v) is 23.9. The van der Waals surface area contributed by atoms with Crippen molar-refractivity contribution in [3.05, 3.63) is 64.5 Å². The third kappa shape index (κ3) is 6.57. The van der Waals surface area contributed by atoms with Crippen molar-refractivity contribution in [2.24, 2.45) is 0 Å². The summed E-state index contributed by atoms with van der Waals surface area (Å²) in [6.45, 7) is 8.68. The molecule has 1 amide bonds. The SMILES string of the molecule is COc1ccc(CN(c2cscn2)S(=O)(=O)c2ccc(N[C@H]3CCN(C(=O)OC(C)(C)C)C3)c(C)c2)cc1. The average Bonchev–Trinajstić information content (AvgIpc) is 3.55. The molecule has 204 valence electrons. The Morgan fingerprint density at radius 1 is 1.21 bits per heavy atom. The lowest BCUT2D eigenvalue weighted by Crippen LogP contribution is -2.36. The number of thiazole rings is 1. The molecule has 0 saturated carbocycles. The van der Waals surface area contributed by atoms with Crippen LogP contribution in [0.2, 0.25) is 0 Å². The van der Waals surface area contributed by atoms with Gasteiger partial charge < -0.3 is 19.7 Å². The number of sulfonamides is 1. The minimum absolute atomic E-state index is 0.0465. The fourth-order valence-electron chi connectivity index (χ4n) is 4.19. The Kier molecular flexibility index (Phi) is 8.17. The van der Waals surface area contributed by atoms with Crippen LogP contribution in [0.25, 0.3) is 0 Å². The lowest BCUT2D eigenvalue weighted by molar-refractivity contribution is 0.0293. The molecule has 1 aromatic heterocycles. The Labute approximate surface area is 228 Å². The highest BCUT2D eigenvalue weighted by atomic mass is 32.2. The number of carbonyl (C=O) groups excluding carboxylic acids is 1. The number of benzene rings is 2. The number of rotatable bonds is 8. The Morgan fingerprint density at radius 2 is 1.95 bits per heavy atom. The van der Waals surface area contributed by atoms with Gasteiger partial charge in [0.15, 0.2) is 5.82 Å². The molecule has 2 heterocycles. The van der Waals surface area contributed by atoms with E-state index in [4.69, 9.17) is 9.47 Å². The molecular formula is C27H34N4O5S2. The normalized spacial score (nSPS) is 15.8. The maximum absolute atomic E-state index is 13.8. The first-order valence-corrected chi connectivity index (χ1v) is 14.7. The summed E-state index contributed by atoms with van der Waals surface area (Å²) in [5, 5.41) is 5.19. The van der Waals surface area contributed by atoms with E-state index in [1.165, 1.54) is 15.6 Å². The fraction of sp³-hybridized carbons (Fsp3) is 0.407. The monoisotopic (exact) mass is 558 g/mol. The van der Waals surface area contributed by atoms with Crippen LogP contribution in [0, 0.1) is 6.92 Å². The molecule has 3 aromatic rings. The Hall–Kier alpha value is -3.31. The van der Waals surface area contributed by atoms with Crippen molar-refractivity contribution in [2.75, 3.05) is 29.8 Å². The van der Waals surface area contributed by atoms with Gasteiger partial charge in [0.05, 0.1) is 24.1 Å². The zero-order chi connectivity index (χ0) is 27.5. The van der Waals surface area contributed by atoms with Gasteiger partial charge >= 0.3 is 6.09 Å². The molecule has 1 atom stereocenters. The van der Waals surface area contributed by atoms with Crippen molar-refractivity contribution in [2.45, 2.75) is 57.2 Å². The van der Waals surface area contributed by atoms with Gasteiger partial charge in [-0.2, -0.15) is 0 Å². The third-order valence-corrected chi connectivity index (χ3v) is 8.47. The number of ether oxygens (including phenoxy) is 2. The van der Waals surface area contributed by atoms with E-state index in [0.29, 0.717) is 24.7 Å². The second-order valence-electron chi connectivity index (χ2n) is 10.2. The number of likely N-dealkylation sites (tertiary alicyclic amines) is 1. The predicted octanol–water partition coefficient (Wildman–Crippen LogP) is 5.28. The largest absolute Gasteiger partial charge is 0.497 e. The molecule has 0 unspecified atom stereocenters. The minimum Gasteiger partial charge on any atom is -0.497 e. The number of hydrogen-bond donors (Lipinski definition) is 1. The molecule has 1 fully saturated rings. The molecular weight excluding hydrogens is 524 g/mol. The van der Waals surface area contributed by atoms with Crippen LogP contribution in [-0.4, -0.2) is 56.2 Å². The molecule has 2 aromatic carbocycles. The van der Waals surface area contributed by atoms with Crippen LogP contribution in [0.15, 0.2) is 58.3 Å². The maximum Gasteiger partial charge on any atom is 0.410 e. The van der Waals surface area contributed by atoms with E-state index < -0.39 is 15.6 Å². The quantitative estimate of drug-likeness (QED) is 0.402. The van der Waals surface area contributed by atoms with Crippen LogP contribution >= 0.6 is 11.3 Å². The van der Waals surface area contributed by atoms with E-state index in [0.717, 1.165) is 23.2 Å². The van der Waals surface area contributed by atoms with Crippen LogP contribution in [0.1, 0.15) is 38.3 Å². The van der Waals surface area contributed by atoms with Crippen LogP contribution in [0.3, 0.4) is 0 Å². The molecule has 0 bridgehead atoms. The number of nitrogens with zero attached hydrogens (tertiary/aromatic N) is 3. The van der Waals surface area contributed by atoms with Crippen LogP contribution in [-0.2, 0) is 21.3 Å². The van der Waals surface area contributed by atoms with E-state index in [2.05, 4.69) is 10.3 Å². The van der Waals surface area contributed by atoms with Gasteiger partial charge in [-0.25, -0.2) is 22.5 Å². The number of methoxy groups -OCH3 is 1. The number of aryl methyl sites for hydroxylation is 1. The van der Waals surface area contributed by atoms with Gasteiger partial charge in [-0.15, -0.1) is 11.3 Å². The predicted molar refractivity (Wildman–Crippen MR) is 149 cm³/mol. The second-order valence-corrected chi connectivity index (χ2v) is 12.8. The van der Waals surface area contributed by atoms with E-state index >= 15 is 0 Å². The first-order valence-electron chi connectivity index (χ1n) is 12.4. The topological polar surface area (TPSA) is 101 Å². The molecule has 1 aliphatic rings. The van der Waals surface area contributed by atoms with Crippen LogP contribution in [0.5, 0.6) is 5.75 Å². The van der Waals surface area contributed by atoms with E-state index in [9.17, 15) is 13.2 Å². The lowest BCUT2D eigenvalue weighted by Gasteiger charge is -2.25. The lowest BCUT2D eigenvalue weighted by atomic mass is 10.1. The number of nitrogens with one attached hydrogen (secondary N) is 1. The van der Waals surface area contributed by atoms with Crippen molar-refractivity contribution in [1.29, 1.82) is 0 Å². The molecule has 0 aliphatic carbocycles. The van der Waals surface area contributed by atoms with Crippen molar-refractivity contribution >= 4 is 39.0 Å². The highest BCUT2D eigenvalue weighted by Crippen LogP contribution is 2.29. The molecule has 4 rings (SSSR count). The number of amides is 1. The summed E-state index contributed by atoms with van der Waals surface area (Å²) in [6, 6.07) is 12.4. The van der Waals surface area contributed by atoms with Gasteiger partial charge in [-0.1, -0.05) is 12.1 Å². The Balaban J connectivity index is 1.50. The number of hydrogen-bond acceptors (Lipinski definition) is 8. The zero-order valence-electron chi connectivity index (χ0n) is 22.3. The number of carbonyl (C=O) groups is 1. The molecule has 1 saturated heterocycles. The summed E-state index contributed by atoms with van der Waals surface area (Å²) in [6.07, 6.45) is 0.456. The van der Waals surface area contributed by atoms with Crippen molar-refractivity contribution in [1.82, 2.24) is 9.88 Å². The molecule has 1 aliphatic heterocycles. The fourth-order valence-corrected chi connectivity index (χ4v) is 6.28. The van der Waals surface area contributed by atoms with Gasteiger partial charge in [-0.05, 0) is 75.6 Å². The standard InChI is InChI=1S/C27H34N4O5S2/c1-19-14-23(10-11-24(19)29-21-12-13-30(16-21)26(32)36-27(2,3)4)38(33,34)31(25-17-37-18-28-25)15-20-6-8-22(35-5)9-7-20/h6-11,14,17-18,21,29H,12-13,15-16H2,1-5H3/t21-/m0/s1. The van der Waals surface area contributed by atoms with Gasteiger partial charge in [-0.3, -0.25) is 0 Å². The summed E-state index contributed by atoms with van der Waals surface area (Å²) in [4.78, 5) is 18.6. The van der Waals surface area contributed by atoms with E-state index in [1.54, 1.807) is 53.2 Å². The molecule has 1 N–H and O–H groups in total. The van der Waals surface area contributed by atoms with Gasteiger partial charge in [0, 0.05) is 30.2 Å². The average molecular weight is 559 g/mol. The van der Waals surface area contributed by atoms with Gasteiger partial charge in [0.25, 0.3) is 10.0 Å². The minimum atomic E-state index is -3.89. The molecule has 38 heavy (non-hydrogen) atoms. The third-order valence-electron chi connectivity index (χ3n) is 6.15. The molecule has 0 radical (unpaired) electrons. The molecule has 9 nitrogen and oxygen atoms in total. The highest BCUT2D eigenvalue weighted by Gasteiger charge is 2.31. The molecule has 11 heteroatoms. The van der Waals surface area contributed by atoms with Crippen molar-refractivity contribution in [3.8, 4) is 5.75 Å². The first kappa shape index (κ1) is 27.7. The van der Waals surface area contributed by atoms with Gasteiger partial charge in [0.2, 0.25) is 0 Å². The highest BCUT2D eigenvalue weighted by molar-refractivity contribution is 7.92. The first-order chi connectivity index (χ1) is 18.0. The van der Waals surface area contributed by atoms with Crippen molar-refractivity contribution < 1.29 is 22.7 Å². The van der Waals surface area contributed by atoms with Crippen LogP contribution < -0.4 is 14.4 Å². The number of anilines is 2. The molecule has 0 spiro atoms. The van der Waals surface area contributed by atoms with E-state index in [1.807, 2.05) is 39.8 Å². The summed E-state index contributed by atoms with van der Waals surface area (Å²) in [7, 11) is -2.30. The van der Waals surface area contributed by atoms with Crippen LogP contribution in [0.4, 0.5) is 16.3 Å². The summed E-state index contributed by atoms with van der Waals surface area (Å²) < 4.78 is 39.6. The number of aromatic nitrogens is 1. The Morgan fingerprint density at radius 3 is 2.55 bits per heavy atom. The summed E-state index contributed by atoms with van der Waals surface area (Å²) >= 11 is 1.34. The van der Waals surface area contributed by atoms with E-state index in [-0.39, 0.29) is 23.6 Å². The summed E-state index contributed by atoms with van der Waals surface area (Å²) in [5.74, 6) is 1.07. The second kappa shape index (κ2) is 11.2. The Bertz CT molecular complexity index is 1350.